The normalized spacial score (nSPS) is 15.1. The largest absolute Gasteiger partial charge is 0.372 e. The Morgan fingerprint density at radius 2 is 1.96 bits per heavy atom. The van der Waals surface area contributed by atoms with Crippen LogP contribution in [0.15, 0.2) is 48.7 Å². The summed E-state index contributed by atoms with van der Waals surface area (Å²) in [7, 11) is 0. The Balaban J connectivity index is 1.49. The third-order valence-corrected chi connectivity index (χ3v) is 4.38. The number of urea groups is 1. The molecule has 1 aromatic heterocycles. The van der Waals surface area contributed by atoms with Crippen LogP contribution in [0.25, 0.3) is 0 Å². The van der Waals surface area contributed by atoms with Gasteiger partial charge in [0, 0.05) is 25.0 Å². The van der Waals surface area contributed by atoms with Crippen LogP contribution in [-0.4, -0.2) is 24.1 Å². The minimum absolute atomic E-state index is 0.347. The lowest BCUT2D eigenvalue weighted by Gasteiger charge is -2.32. The van der Waals surface area contributed by atoms with Crippen LogP contribution in [0.4, 0.5) is 16.2 Å². The summed E-state index contributed by atoms with van der Waals surface area (Å²) >= 11 is 0. The van der Waals surface area contributed by atoms with Gasteiger partial charge in [0.25, 0.3) is 0 Å². The standard InChI is InChI=1S/C19H23N4O/c1-15-9-12-23(13-10-15)18-7-5-16(6-8-18)22-19(24)21-14-17-4-2-3-11-20-17/h2-8,11,15H,9-10,12-14H2,1H3,(H,21,24). The van der Waals surface area contributed by atoms with E-state index in [9.17, 15) is 4.79 Å². The highest BCUT2D eigenvalue weighted by Gasteiger charge is 2.16. The lowest BCUT2D eigenvalue weighted by atomic mass is 9.99. The molecule has 2 amide bonds. The van der Waals surface area contributed by atoms with E-state index in [2.05, 4.69) is 27.4 Å². The summed E-state index contributed by atoms with van der Waals surface area (Å²) in [6.45, 7) is 4.89. The van der Waals surface area contributed by atoms with Crippen LogP contribution in [0.3, 0.4) is 0 Å². The zero-order valence-corrected chi connectivity index (χ0v) is 14.0. The minimum Gasteiger partial charge on any atom is -0.372 e. The molecule has 0 spiro atoms. The van der Waals surface area contributed by atoms with Gasteiger partial charge in [0.05, 0.1) is 17.9 Å². The van der Waals surface area contributed by atoms with Crippen molar-refractivity contribution in [1.29, 1.82) is 0 Å². The van der Waals surface area contributed by atoms with Crippen molar-refractivity contribution in [2.45, 2.75) is 26.3 Å². The maximum Gasteiger partial charge on any atom is 0.341 e. The maximum absolute atomic E-state index is 11.9. The Hall–Kier alpha value is -2.56. The number of piperidine rings is 1. The number of benzene rings is 1. The maximum atomic E-state index is 11.9. The van der Waals surface area contributed by atoms with Gasteiger partial charge in [-0.25, -0.2) is 4.79 Å². The fourth-order valence-electron chi connectivity index (χ4n) is 2.83. The van der Waals surface area contributed by atoms with E-state index in [1.807, 2.05) is 42.5 Å². The summed E-state index contributed by atoms with van der Waals surface area (Å²) in [5, 5.41) is 6.83. The van der Waals surface area contributed by atoms with Gasteiger partial charge < -0.3 is 10.2 Å². The number of hydrogen-bond donors (Lipinski definition) is 1. The van der Waals surface area contributed by atoms with Gasteiger partial charge >= 0.3 is 6.03 Å². The molecule has 3 rings (SSSR count). The molecule has 2 aromatic rings. The highest BCUT2D eigenvalue weighted by molar-refractivity contribution is 5.79. The Morgan fingerprint density at radius 1 is 1.21 bits per heavy atom. The molecule has 0 bridgehead atoms. The van der Waals surface area contributed by atoms with Crippen LogP contribution < -0.4 is 15.5 Å². The number of nitrogens with zero attached hydrogens (tertiary/aromatic N) is 3. The summed E-state index contributed by atoms with van der Waals surface area (Å²) < 4.78 is 0. The van der Waals surface area contributed by atoms with Crippen LogP contribution >= 0.6 is 0 Å². The smallest absolute Gasteiger partial charge is 0.341 e. The Bertz CT molecular complexity index is 649. The van der Waals surface area contributed by atoms with E-state index in [0.717, 1.165) is 24.7 Å². The molecule has 125 valence electrons. The van der Waals surface area contributed by atoms with Crippen LogP contribution in [0.1, 0.15) is 25.5 Å². The van der Waals surface area contributed by atoms with E-state index in [-0.39, 0.29) is 6.03 Å². The van der Waals surface area contributed by atoms with Crippen molar-refractivity contribution in [2.75, 3.05) is 18.0 Å². The molecule has 0 atom stereocenters. The first-order valence-corrected chi connectivity index (χ1v) is 8.45. The molecule has 1 N–H and O–H groups in total. The third kappa shape index (κ3) is 4.47. The molecular formula is C19H23N4O. The monoisotopic (exact) mass is 323 g/mol. The first-order valence-electron chi connectivity index (χ1n) is 8.45. The van der Waals surface area contributed by atoms with E-state index >= 15 is 0 Å². The van der Waals surface area contributed by atoms with Crippen molar-refractivity contribution in [3.8, 4) is 0 Å². The molecule has 5 nitrogen and oxygen atoms in total. The molecule has 1 aliphatic heterocycles. The van der Waals surface area contributed by atoms with E-state index < -0.39 is 0 Å². The second-order valence-corrected chi connectivity index (χ2v) is 6.28. The van der Waals surface area contributed by atoms with E-state index in [1.54, 1.807) is 6.20 Å². The van der Waals surface area contributed by atoms with Crippen LogP contribution in [-0.2, 0) is 6.54 Å². The number of carbonyl (C=O) groups is 1. The first-order chi connectivity index (χ1) is 11.7. The second-order valence-electron chi connectivity index (χ2n) is 6.28. The molecule has 2 heterocycles. The van der Waals surface area contributed by atoms with E-state index in [1.165, 1.54) is 18.5 Å². The Kier molecular flexibility index (Phi) is 5.31. The highest BCUT2D eigenvalue weighted by Crippen LogP contribution is 2.24. The molecule has 0 aliphatic carbocycles. The Morgan fingerprint density at radius 3 is 2.62 bits per heavy atom. The van der Waals surface area contributed by atoms with Crippen molar-refractivity contribution in [1.82, 2.24) is 15.6 Å². The van der Waals surface area contributed by atoms with Crippen molar-refractivity contribution in [2.24, 2.45) is 5.92 Å². The number of aromatic nitrogens is 1. The van der Waals surface area contributed by atoms with E-state index in [0.29, 0.717) is 12.2 Å². The average Bonchev–Trinajstić information content (AvgIpc) is 2.62. The quantitative estimate of drug-likeness (QED) is 0.937. The molecule has 1 saturated heterocycles. The van der Waals surface area contributed by atoms with Gasteiger partial charge in [-0.1, -0.05) is 13.0 Å². The van der Waals surface area contributed by atoms with Gasteiger partial charge in [0.15, 0.2) is 0 Å². The lowest BCUT2D eigenvalue weighted by molar-refractivity contribution is 0.243. The fourth-order valence-corrected chi connectivity index (χ4v) is 2.83. The highest BCUT2D eigenvalue weighted by atomic mass is 16.2. The number of hydrogen-bond acceptors (Lipinski definition) is 3. The molecule has 0 unspecified atom stereocenters. The minimum atomic E-state index is -0.347. The summed E-state index contributed by atoms with van der Waals surface area (Å²) in [5.41, 5.74) is 2.69. The summed E-state index contributed by atoms with van der Waals surface area (Å²) in [5.74, 6) is 0.818. The molecule has 0 saturated carbocycles. The number of carbonyl (C=O) groups excluding carboxylic acids is 1. The molecule has 1 aliphatic rings. The fraction of sp³-hybridized carbons (Fsp3) is 0.368. The predicted molar refractivity (Wildman–Crippen MR) is 95.3 cm³/mol. The number of pyridine rings is 1. The zero-order chi connectivity index (χ0) is 16.8. The molecule has 1 radical (unpaired) electrons. The van der Waals surface area contributed by atoms with Crippen LogP contribution in [0.5, 0.6) is 0 Å². The van der Waals surface area contributed by atoms with Crippen molar-refractivity contribution >= 4 is 17.4 Å². The number of amides is 2. The first kappa shape index (κ1) is 16.3. The lowest BCUT2D eigenvalue weighted by Crippen LogP contribution is -2.32. The average molecular weight is 323 g/mol. The van der Waals surface area contributed by atoms with Crippen molar-refractivity contribution < 1.29 is 4.79 Å². The number of nitrogens with one attached hydrogen (secondary N) is 1. The van der Waals surface area contributed by atoms with Crippen molar-refractivity contribution in [3.05, 3.63) is 54.4 Å². The van der Waals surface area contributed by atoms with Gasteiger partial charge in [-0.2, -0.15) is 5.32 Å². The summed E-state index contributed by atoms with van der Waals surface area (Å²) in [6.07, 6.45) is 4.18. The molecule has 24 heavy (non-hydrogen) atoms. The van der Waals surface area contributed by atoms with Gasteiger partial charge in [0.1, 0.15) is 0 Å². The Labute approximate surface area is 143 Å². The topological polar surface area (TPSA) is 59.3 Å². The van der Waals surface area contributed by atoms with Gasteiger partial charge in [0.2, 0.25) is 0 Å². The van der Waals surface area contributed by atoms with Crippen LogP contribution in [0.2, 0.25) is 0 Å². The molecule has 5 heteroatoms. The third-order valence-electron chi connectivity index (χ3n) is 4.38. The van der Waals surface area contributed by atoms with Gasteiger partial charge in [-0.3, -0.25) is 4.98 Å². The number of anilines is 1. The molecule has 1 fully saturated rings. The van der Waals surface area contributed by atoms with Gasteiger partial charge in [-0.15, -0.1) is 0 Å². The summed E-state index contributed by atoms with van der Waals surface area (Å²) in [6, 6.07) is 13.1. The molecular weight excluding hydrogens is 300 g/mol. The predicted octanol–water partition coefficient (Wildman–Crippen LogP) is 3.46. The summed E-state index contributed by atoms with van der Waals surface area (Å²) in [4.78, 5) is 18.5. The van der Waals surface area contributed by atoms with Crippen molar-refractivity contribution in [3.63, 3.8) is 0 Å². The number of rotatable bonds is 4. The molecule has 1 aromatic carbocycles. The second kappa shape index (κ2) is 7.81. The zero-order valence-electron chi connectivity index (χ0n) is 14.0. The van der Waals surface area contributed by atoms with E-state index in [4.69, 9.17) is 0 Å². The van der Waals surface area contributed by atoms with Crippen LogP contribution in [0, 0.1) is 5.92 Å². The SMILES string of the molecule is CC1CCN(c2ccc([N]C(=O)NCc3ccccn3)cc2)CC1. The van der Waals surface area contributed by atoms with Gasteiger partial charge in [-0.05, 0) is 55.2 Å².